The van der Waals surface area contributed by atoms with Crippen molar-refractivity contribution in [1.29, 1.82) is 0 Å². The molecular weight excluding hydrogens is 378 g/mol. The Morgan fingerprint density at radius 1 is 1.18 bits per heavy atom. The second kappa shape index (κ2) is 8.57. The number of anilines is 1. The number of aromatic nitrogens is 2. The molecule has 8 nitrogen and oxygen atoms in total. The Labute approximate surface area is 165 Å². The van der Waals surface area contributed by atoms with Gasteiger partial charge in [0.2, 0.25) is 0 Å². The number of benzene rings is 2. The fourth-order valence-corrected chi connectivity index (χ4v) is 3.30. The second-order valence-electron chi connectivity index (χ2n) is 6.34. The van der Waals surface area contributed by atoms with Crippen LogP contribution in [0.25, 0.3) is 10.6 Å². The highest BCUT2D eigenvalue weighted by atomic mass is 32.1. The fraction of sp³-hybridized carbons (Fsp3) is 0.211. The van der Waals surface area contributed by atoms with Crippen LogP contribution < -0.4 is 10.6 Å². The quantitative estimate of drug-likeness (QED) is 0.463. The Kier molecular flexibility index (Phi) is 5.95. The summed E-state index contributed by atoms with van der Waals surface area (Å²) >= 11 is 1.42. The normalized spacial score (nSPS) is 10.7. The molecule has 1 aromatic heterocycles. The summed E-state index contributed by atoms with van der Waals surface area (Å²) in [6.07, 6.45) is 0. The Balaban J connectivity index is 1.74. The highest BCUT2D eigenvalue weighted by Crippen LogP contribution is 2.28. The average Bonchev–Trinajstić information content (AvgIpc) is 3.15. The summed E-state index contributed by atoms with van der Waals surface area (Å²) in [6.45, 7) is 3.95. The molecule has 144 valence electrons. The minimum Gasteiger partial charge on any atom is -0.373 e. The first kappa shape index (κ1) is 19.4. The number of carbonyl (C=O) groups excluding carboxylic acids is 1. The lowest BCUT2D eigenvalue weighted by molar-refractivity contribution is -0.384. The highest BCUT2D eigenvalue weighted by molar-refractivity contribution is 7.14. The molecule has 0 bridgehead atoms. The predicted molar refractivity (Wildman–Crippen MR) is 108 cm³/mol. The number of amides is 1. The number of nitro benzene ring substituents is 1. The molecule has 3 aromatic rings. The molecule has 1 heterocycles. The van der Waals surface area contributed by atoms with Gasteiger partial charge in [0.25, 0.3) is 11.6 Å². The van der Waals surface area contributed by atoms with Gasteiger partial charge in [0.1, 0.15) is 15.7 Å². The van der Waals surface area contributed by atoms with Gasteiger partial charge in [-0.3, -0.25) is 14.9 Å². The van der Waals surface area contributed by atoms with Crippen molar-refractivity contribution in [2.24, 2.45) is 0 Å². The third-order valence-electron chi connectivity index (χ3n) is 3.79. The van der Waals surface area contributed by atoms with Crippen molar-refractivity contribution in [1.82, 2.24) is 15.5 Å². The average molecular weight is 397 g/mol. The zero-order chi connectivity index (χ0) is 20.1. The van der Waals surface area contributed by atoms with Gasteiger partial charge in [0.15, 0.2) is 0 Å². The minimum atomic E-state index is -0.510. The molecule has 0 atom stereocenters. The maximum Gasteiger partial charge on any atom is 0.293 e. The van der Waals surface area contributed by atoms with Crippen molar-refractivity contribution in [2.45, 2.75) is 26.4 Å². The molecule has 0 unspecified atom stereocenters. The fourth-order valence-electron chi connectivity index (χ4n) is 2.51. The lowest BCUT2D eigenvalue weighted by atomic mass is 10.1. The van der Waals surface area contributed by atoms with Gasteiger partial charge in [-0.15, -0.1) is 10.2 Å². The van der Waals surface area contributed by atoms with Crippen molar-refractivity contribution in [3.63, 3.8) is 0 Å². The molecule has 0 radical (unpaired) electrons. The van der Waals surface area contributed by atoms with E-state index in [9.17, 15) is 14.9 Å². The van der Waals surface area contributed by atoms with Crippen molar-refractivity contribution in [3.8, 4) is 10.6 Å². The summed E-state index contributed by atoms with van der Waals surface area (Å²) in [4.78, 5) is 23.0. The Morgan fingerprint density at radius 3 is 2.61 bits per heavy atom. The van der Waals surface area contributed by atoms with Crippen LogP contribution in [0, 0.1) is 10.1 Å². The molecule has 3 rings (SSSR count). The van der Waals surface area contributed by atoms with E-state index in [0.29, 0.717) is 17.2 Å². The summed E-state index contributed by atoms with van der Waals surface area (Å²) in [6, 6.07) is 14.0. The molecule has 0 aliphatic rings. The summed E-state index contributed by atoms with van der Waals surface area (Å²) in [5.41, 5.74) is 1.37. The summed E-state index contributed by atoms with van der Waals surface area (Å²) in [7, 11) is 0. The van der Waals surface area contributed by atoms with E-state index in [4.69, 9.17) is 0 Å². The molecular formula is C19H19N5O3S. The Morgan fingerprint density at radius 2 is 1.93 bits per heavy atom. The summed E-state index contributed by atoms with van der Waals surface area (Å²) in [5.74, 6) is -0.346. The van der Waals surface area contributed by atoms with E-state index < -0.39 is 4.92 Å². The molecule has 9 heteroatoms. The van der Waals surface area contributed by atoms with E-state index in [1.54, 1.807) is 6.07 Å². The van der Waals surface area contributed by atoms with Crippen LogP contribution in [0.2, 0.25) is 0 Å². The molecule has 2 aromatic carbocycles. The Bertz CT molecular complexity index is 988. The topological polar surface area (TPSA) is 110 Å². The van der Waals surface area contributed by atoms with E-state index in [1.165, 1.54) is 23.5 Å². The first-order valence-corrected chi connectivity index (χ1v) is 9.46. The monoisotopic (exact) mass is 397 g/mol. The van der Waals surface area contributed by atoms with E-state index in [1.807, 2.05) is 44.2 Å². The SMILES string of the molecule is CC(C)NC(=O)c1ccc(NCc2nnc(-c3ccccc3)s2)c([N+](=O)[O-])c1. The van der Waals surface area contributed by atoms with Crippen LogP contribution in [-0.2, 0) is 6.54 Å². The van der Waals surface area contributed by atoms with Crippen LogP contribution in [0.3, 0.4) is 0 Å². The number of nitrogens with zero attached hydrogens (tertiary/aromatic N) is 3. The van der Waals surface area contributed by atoms with Gasteiger partial charge < -0.3 is 10.6 Å². The maximum absolute atomic E-state index is 12.1. The second-order valence-corrected chi connectivity index (χ2v) is 7.40. The van der Waals surface area contributed by atoms with E-state index in [-0.39, 0.29) is 23.2 Å². The van der Waals surface area contributed by atoms with E-state index >= 15 is 0 Å². The van der Waals surface area contributed by atoms with Gasteiger partial charge in [-0.2, -0.15) is 0 Å². The molecule has 0 saturated carbocycles. The predicted octanol–water partition coefficient (Wildman–Crippen LogP) is 3.86. The minimum absolute atomic E-state index is 0.0550. The highest BCUT2D eigenvalue weighted by Gasteiger charge is 2.18. The number of rotatable bonds is 7. The maximum atomic E-state index is 12.1. The van der Waals surface area contributed by atoms with Crippen LogP contribution in [0.4, 0.5) is 11.4 Å². The van der Waals surface area contributed by atoms with Crippen molar-refractivity contribution >= 4 is 28.6 Å². The molecule has 0 fully saturated rings. The van der Waals surface area contributed by atoms with Gasteiger partial charge in [0, 0.05) is 23.2 Å². The van der Waals surface area contributed by atoms with Crippen LogP contribution >= 0.6 is 11.3 Å². The van der Waals surface area contributed by atoms with Crippen LogP contribution in [-0.4, -0.2) is 27.1 Å². The van der Waals surface area contributed by atoms with E-state index in [0.717, 1.165) is 10.6 Å². The first-order valence-electron chi connectivity index (χ1n) is 8.65. The van der Waals surface area contributed by atoms with Crippen molar-refractivity contribution in [2.75, 3.05) is 5.32 Å². The lowest BCUT2D eigenvalue weighted by Gasteiger charge is -2.10. The first-order chi connectivity index (χ1) is 13.4. The van der Waals surface area contributed by atoms with Gasteiger partial charge in [-0.1, -0.05) is 41.7 Å². The van der Waals surface area contributed by atoms with Gasteiger partial charge in [-0.05, 0) is 26.0 Å². The molecule has 2 N–H and O–H groups in total. The molecule has 1 amide bonds. The molecule has 28 heavy (non-hydrogen) atoms. The summed E-state index contributed by atoms with van der Waals surface area (Å²) < 4.78 is 0. The zero-order valence-electron chi connectivity index (χ0n) is 15.4. The number of hydrogen-bond acceptors (Lipinski definition) is 7. The number of nitro groups is 1. The molecule has 0 spiro atoms. The van der Waals surface area contributed by atoms with E-state index in [2.05, 4.69) is 20.8 Å². The molecule has 0 aliphatic heterocycles. The van der Waals surface area contributed by atoms with Gasteiger partial charge in [-0.25, -0.2) is 0 Å². The third kappa shape index (κ3) is 4.68. The van der Waals surface area contributed by atoms with Crippen LogP contribution in [0.5, 0.6) is 0 Å². The largest absolute Gasteiger partial charge is 0.373 e. The number of nitrogens with one attached hydrogen (secondary N) is 2. The number of hydrogen-bond donors (Lipinski definition) is 2. The van der Waals surface area contributed by atoms with Gasteiger partial charge in [0.05, 0.1) is 11.5 Å². The standard InChI is InChI=1S/C19H19N5O3S/c1-12(2)21-18(25)14-8-9-15(16(10-14)24(26)27)20-11-17-22-23-19(28-17)13-6-4-3-5-7-13/h3-10,12,20H,11H2,1-2H3,(H,21,25). The van der Waals surface area contributed by atoms with Crippen molar-refractivity contribution < 1.29 is 9.72 Å². The van der Waals surface area contributed by atoms with Crippen molar-refractivity contribution in [3.05, 3.63) is 69.2 Å². The smallest absolute Gasteiger partial charge is 0.293 e. The van der Waals surface area contributed by atoms with Crippen LogP contribution in [0.1, 0.15) is 29.2 Å². The lowest BCUT2D eigenvalue weighted by Crippen LogP contribution is -2.30. The zero-order valence-corrected chi connectivity index (χ0v) is 16.2. The van der Waals surface area contributed by atoms with Crippen LogP contribution in [0.15, 0.2) is 48.5 Å². The molecule has 0 saturated heterocycles. The number of carbonyl (C=O) groups is 1. The third-order valence-corrected chi connectivity index (χ3v) is 4.77. The van der Waals surface area contributed by atoms with Gasteiger partial charge >= 0.3 is 0 Å². The molecule has 0 aliphatic carbocycles. The Hall–Kier alpha value is -3.33. The summed E-state index contributed by atoms with van der Waals surface area (Å²) in [5, 5.41) is 27.0.